The van der Waals surface area contributed by atoms with Crippen LogP contribution in [0.4, 0.5) is 4.39 Å². The van der Waals surface area contributed by atoms with Crippen LogP contribution in [0.25, 0.3) is 28.3 Å². The van der Waals surface area contributed by atoms with Gasteiger partial charge in [-0.05, 0) is 48.5 Å². The van der Waals surface area contributed by atoms with Crippen molar-refractivity contribution < 1.29 is 14.3 Å². The number of carboxylic acid groups (broad SMARTS) is 1. The number of aromatic nitrogens is 4. The number of carbonyl (C=O) groups is 1. The number of aromatic carboxylic acids is 1. The summed E-state index contributed by atoms with van der Waals surface area (Å²) in [4.78, 5) is 19.8. The number of rotatable bonds is 3. The third-order valence-electron chi connectivity index (χ3n) is 3.79. The summed E-state index contributed by atoms with van der Waals surface area (Å²) in [5.41, 5.74) is 2.37. The van der Waals surface area contributed by atoms with Crippen molar-refractivity contribution in [1.29, 1.82) is 0 Å². The summed E-state index contributed by atoms with van der Waals surface area (Å²) >= 11 is 0. The van der Waals surface area contributed by atoms with Gasteiger partial charge >= 0.3 is 5.97 Å². The molecule has 3 heterocycles. The van der Waals surface area contributed by atoms with E-state index in [1.807, 2.05) is 0 Å². The van der Waals surface area contributed by atoms with Crippen molar-refractivity contribution in [3.05, 3.63) is 72.3 Å². The predicted molar refractivity (Wildman–Crippen MR) is 88.6 cm³/mol. The quantitative estimate of drug-likeness (QED) is 0.622. The van der Waals surface area contributed by atoms with Crippen molar-refractivity contribution >= 4 is 11.6 Å². The first-order valence-corrected chi connectivity index (χ1v) is 7.43. The van der Waals surface area contributed by atoms with E-state index in [1.54, 1.807) is 42.7 Å². The van der Waals surface area contributed by atoms with Gasteiger partial charge in [0.15, 0.2) is 11.5 Å². The highest BCUT2D eigenvalue weighted by atomic mass is 19.1. The third kappa shape index (κ3) is 2.61. The van der Waals surface area contributed by atoms with Gasteiger partial charge in [0, 0.05) is 23.5 Å². The molecule has 6 nitrogen and oxygen atoms in total. The highest BCUT2D eigenvalue weighted by molar-refractivity contribution is 5.95. The molecule has 0 saturated heterocycles. The fourth-order valence-electron chi connectivity index (χ4n) is 2.59. The van der Waals surface area contributed by atoms with Crippen LogP contribution >= 0.6 is 0 Å². The molecule has 4 rings (SSSR count). The van der Waals surface area contributed by atoms with Gasteiger partial charge in [-0.25, -0.2) is 18.7 Å². The van der Waals surface area contributed by atoms with Crippen molar-refractivity contribution in [2.24, 2.45) is 0 Å². The van der Waals surface area contributed by atoms with E-state index in [9.17, 15) is 14.3 Å². The summed E-state index contributed by atoms with van der Waals surface area (Å²) in [6, 6.07) is 12.5. The first-order chi connectivity index (χ1) is 12.1. The van der Waals surface area contributed by atoms with Gasteiger partial charge in [-0.1, -0.05) is 0 Å². The fraction of sp³-hybridized carbons (Fsp3) is 0. The Morgan fingerprint density at radius 1 is 0.960 bits per heavy atom. The first-order valence-electron chi connectivity index (χ1n) is 7.43. The van der Waals surface area contributed by atoms with Crippen molar-refractivity contribution in [2.75, 3.05) is 0 Å². The molecule has 0 aliphatic heterocycles. The molecular formula is C18H11FN4O2. The maximum atomic E-state index is 13.1. The molecule has 3 aromatic heterocycles. The molecule has 0 saturated carbocycles. The molecule has 1 aromatic carbocycles. The summed E-state index contributed by atoms with van der Waals surface area (Å²) < 4.78 is 14.6. The zero-order chi connectivity index (χ0) is 17.4. The maximum absolute atomic E-state index is 13.1. The zero-order valence-corrected chi connectivity index (χ0v) is 12.8. The second-order valence-electron chi connectivity index (χ2n) is 5.35. The van der Waals surface area contributed by atoms with E-state index in [2.05, 4.69) is 15.1 Å². The molecule has 0 aliphatic rings. The van der Waals surface area contributed by atoms with Gasteiger partial charge in [0.1, 0.15) is 11.4 Å². The molecule has 0 spiro atoms. The van der Waals surface area contributed by atoms with Gasteiger partial charge in [-0.15, -0.1) is 5.10 Å². The van der Waals surface area contributed by atoms with Crippen LogP contribution in [0.5, 0.6) is 0 Å². The summed E-state index contributed by atoms with van der Waals surface area (Å²) in [5, 5.41) is 13.9. The van der Waals surface area contributed by atoms with Crippen LogP contribution in [-0.4, -0.2) is 30.7 Å². The largest absolute Gasteiger partial charge is 0.478 e. The number of benzene rings is 1. The van der Waals surface area contributed by atoms with Gasteiger partial charge in [0.2, 0.25) is 0 Å². The van der Waals surface area contributed by atoms with Crippen molar-refractivity contribution in [3.63, 3.8) is 0 Å². The lowest BCUT2D eigenvalue weighted by Crippen LogP contribution is -2.03. The molecule has 1 N–H and O–H groups in total. The summed E-state index contributed by atoms with van der Waals surface area (Å²) in [5.74, 6) is -1.13. The number of hydrogen-bond acceptors (Lipinski definition) is 4. The Morgan fingerprint density at radius 2 is 1.68 bits per heavy atom. The molecule has 7 heteroatoms. The summed E-state index contributed by atoms with van der Waals surface area (Å²) in [6.07, 6.45) is 3.29. The Balaban J connectivity index is 1.98. The molecule has 0 fully saturated rings. The highest BCUT2D eigenvalue weighted by Crippen LogP contribution is 2.25. The molecule has 0 amide bonds. The number of nitrogens with zero attached hydrogens (tertiary/aromatic N) is 4. The van der Waals surface area contributed by atoms with Crippen molar-refractivity contribution in [1.82, 2.24) is 19.6 Å². The van der Waals surface area contributed by atoms with E-state index in [-0.39, 0.29) is 17.0 Å². The second kappa shape index (κ2) is 5.79. The Kier molecular flexibility index (Phi) is 3.46. The molecule has 4 aromatic rings. The number of hydrogen-bond donors (Lipinski definition) is 1. The first kappa shape index (κ1) is 14.9. The molecule has 0 radical (unpaired) electrons. The van der Waals surface area contributed by atoms with Crippen LogP contribution in [0, 0.1) is 5.82 Å². The minimum absolute atomic E-state index is 0.0404. The van der Waals surface area contributed by atoms with Crippen molar-refractivity contribution in [3.8, 4) is 22.6 Å². The van der Waals surface area contributed by atoms with E-state index in [0.717, 1.165) is 5.56 Å². The van der Waals surface area contributed by atoms with Crippen LogP contribution in [0.2, 0.25) is 0 Å². The Labute approximate surface area is 141 Å². The Morgan fingerprint density at radius 3 is 2.36 bits per heavy atom. The molecule has 25 heavy (non-hydrogen) atoms. The lowest BCUT2D eigenvalue weighted by Gasteiger charge is -2.05. The molecule has 0 aliphatic carbocycles. The van der Waals surface area contributed by atoms with Gasteiger partial charge in [-0.2, -0.15) is 0 Å². The lowest BCUT2D eigenvalue weighted by atomic mass is 10.1. The monoisotopic (exact) mass is 334 g/mol. The average molecular weight is 334 g/mol. The molecule has 122 valence electrons. The minimum Gasteiger partial charge on any atom is -0.478 e. The van der Waals surface area contributed by atoms with Gasteiger partial charge in [-0.3, -0.25) is 4.98 Å². The van der Waals surface area contributed by atoms with E-state index >= 15 is 0 Å². The Hall–Kier alpha value is -3.61. The lowest BCUT2D eigenvalue weighted by molar-refractivity contribution is 0.0698. The third-order valence-corrected chi connectivity index (χ3v) is 3.79. The van der Waals surface area contributed by atoms with Crippen LogP contribution in [0.1, 0.15) is 10.4 Å². The van der Waals surface area contributed by atoms with Gasteiger partial charge < -0.3 is 5.11 Å². The van der Waals surface area contributed by atoms with Crippen LogP contribution in [-0.2, 0) is 0 Å². The fourth-order valence-corrected chi connectivity index (χ4v) is 2.59. The van der Waals surface area contributed by atoms with E-state index in [4.69, 9.17) is 0 Å². The van der Waals surface area contributed by atoms with E-state index in [0.29, 0.717) is 17.1 Å². The number of carboxylic acids is 1. The SMILES string of the molecule is O=C(O)c1ccc(-c2ccncc2)n2nc(-c3ccc(F)cc3)nc12. The number of fused-ring (bicyclic) bond motifs is 1. The van der Waals surface area contributed by atoms with Gasteiger partial charge in [0.25, 0.3) is 0 Å². The Bertz CT molecular complexity index is 1080. The summed E-state index contributed by atoms with van der Waals surface area (Å²) in [7, 11) is 0. The van der Waals surface area contributed by atoms with Crippen LogP contribution in [0.3, 0.4) is 0 Å². The normalized spacial score (nSPS) is 10.9. The van der Waals surface area contributed by atoms with Crippen LogP contribution < -0.4 is 0 Å². The van der Waals surface area contributed by atoms with Crippen LogP contribution in [0.15, 0.2) is 60.9 Å². The van der Waals surface area contributed by atoms with E-state index < -0.39 is 5.97 Å². The molecule has 0 bridgehead atoms. The van der Waals surface area contributed by atoms with Crippen molar-refractivity contribution in [2.45, 2.75) is 0 Å². The molecule has 0 atom stereocenters. The van der Waals surface area contributed by atoms with E-state index in [1.165, 1.54) is 22.7 Å². The standard InChI is InChI=1S/C18H11FN4O2/c19-13-3-1-12(2-4-13)16-21-17-14(18(24)25)5-6-15(23(17)22-16)11-7-9-20-10-8-11/h1-10H,(H,24,25). The molecular weight excluding hydrogens is 323 g/mol. The smallest absolute Gasteiger partial charge is 0.339 e. The second-order valence-corrected chi connectivity index (χ2v) is 5.35. The predicted octanol–water partition coefficient (Wildman–Crippen LogP) is 3.30. The maximum Gasteiger partial charge on any atom is 0.339 e. The van der Waals surface area contributed by atoms with Gasteiger partial charge in [0.05, 0.1) is 5.69 Å². The topological polar surface area (TPSA) is 80.4 Å². The number of pyridine rings is 2. The summed E-state index contributed by atoms with van der Waals surface area (Å²) in [6.45, 7) is 0. The number of halogens is 1. The average Bonchev–Trinajstić information content (AvgIpc) is 3.07. The molecule has 0 unspecified atom stereocenters. The minimum atomic E-state index is -1.09. The highest BCUT2D eigenvalue weighted by Gasteiger charge is 2.17. The zero-order valence-electron chi connectivity index (χ0n) is 12.8.